The fraction of sp³-hybridized carbons (Fsp3) is 0.923. The lowest BCUT2D eigenvalue weighted by molar-refractivity contribution is -0.208. The number of alkyl halides is 3. The van der Waals surface area contributed by atoms with E-state index in [1.54, 1.807) is 0 Å². The largest absolute Gasteiger partial charge is 0.429 e. The highest BCUT2D eigenvalue weighted by Crippen LogP contribution is 2.30. The van der Waals surface area contributed by atoms with Gasteiger partial charge >= 0.3 is 6.18 Å². The van der Waals surface area contributed by atoms with Gasteiger partial charge in [-0.2, -0.15) is 18.3 Å². The van der Waals surface area contributed by atoms with E-state index in [9.17, 15) is 13.2 Å². The average molecular weight is 279 g/mol. The zero-order chi connectivity index (χ0) is 14.5. The van der Waals surface area contributed by atoms with Crippen molar-refractivity contribution in [3.63, 3.8) is 0 Å². The van der Waals surface area contributed by atoms with E-state index in [4.69, 9.17) is 0 Å². The Morgan fingerprint density at radius 2 is 1.89 bits per heavy atom. The summed E-state index contributed by atoms with van der Waals surface area (Å²) in [4.78, 5) is 1.30. The van der Waals surface area contributed by atoms with Crippen molar-refractivity contribution in [3.05, 3.63) is 0 Å². The van der Waals surface area contributed by atoms with Gasteiger partial charge in [-0.25, -0.2) is 0 Å². The molecule has 3 nitrogen and oxygen atoms in total. The molecule has 0 spiro atoms. The molecule has 0 saturated carbocycles. The topological polar surface area (TPSA) is 18.8 Å². The molecule has 0 N–H and O–H groups in total. The first-order chi connectivity index (χ1) is 8.86. The molecule has 0 radical (unpaired) electrons. The molecule has 1 unspecified atom stereocenters. The first-order valence-electron chi connectivity index (χ1n) is 6.99. The third-order valence-electron chi connectivity index (χ3n) is 3.05. The summed E-state index contributed by atoms with van der Waals surface area (Å²) in [6.07, 6.45) is -0.676. The highest BCUT2D eigenvalue weighted by Gasteiger charge is 2.49. The van der Waals surface area contributed by atoms with Crippen LogP contribution in [0.3, 0.4) is 0 Å². The second kappa shape index (κ2) is 7.01. The zero-order valence-electron chi connectivity index (χ0n) is 12.0. The Hall–Kier alpha value is -0.940. The van der Waals surface area contributed by atoms with Crippen LogP contribution in [0.2, 0.25) is 0 Å². The lowest BCUT2D eigenvalue weighted by Gasteiger charge is -2.32. The Labute approximate surface area is 113 Å². The molecule has 0 fully saturated rings. The van der Waals surface area contributed by atoms with Crippen LogP contribution in [0, 0.1) is 5.92 Å². The van der Waals surface area contributed by atoms with Gasteiger partial charge in [0.1, 0.15) is 6.34 Å². The van der Waals surface area contributed by atoms with Crippen LogP contribution in [0.25, 0.3) is 0 Å². The monoisotopic (exact) mass is 279 g/mol. The van der Waals surface area contributed by atoms with Gasteiger partial charge in [-0.05, 0) is 12.3 Å². The van der Waals surface area contributed by atoms with Crippen molar-refractivity contribution >= 4 is 6.34 Å². The second-order valence-electron chi connectivity index (χ2n) is 5.46. The maximum absolute atomic E-state index is 13.1. The Balaban J connectivity index is 2.58. The van der Waals surface area contributed by atoms with Crippen LogP contribution >= 0.6 is 0 Å². The summed E-state index contributed by atoms with van der Waals surface area (Å²) < 4.78 is 39.4. The molecule has 0 bridgehead atoms. The summed E-state index contributed by atoms with van der Waals surface area (Å²) >= 11 is 0. The Morgan fingerprint density at radius 3 is 2.42 bits per heavy atom. The van der Waals surface area contributed by atoms with Crippen molar-refractivity contribution in [1.82, 2.24) is 9.91 Å². The minimum absolute atomic E-state index is 0.177. The normalized spacial score (nSPS) is 19.8. The van der Waals surface area contributed by atoms with Crippen LogP contribution in [0.5, 0.6) is 0 Å². The molecule has 0 aromatic rings. The summed E-state index contributed by atoms with van der Waals surface area (Å²) in [5.74, 6) is 0.177. The molecule has 112 valence electrons. The van der Waals surface area contributed by atoms with Crippen LogP contribution in [-0.4, -0.2) is 41.7 Å². The first kappa shape index (κ1) is 16.1. The highest BCUT2D eigenvalue weighted by molar-refractivity contribution is 5.57. The lowest BCUT2D eigenvalue weighted by atomic mass is 10.2. The number of unbranched alkanes of at least 4 members (excludes halogenated alkanes) is 3. The van der Waals surface area contributed by atoms with Crippen molar-refractivity contribution in [2.45, 2.75) is 58.8 Å². The fourth-order valence-electron chi connectivity index (χ4n) is 2.24. The summed E-state index contributed by atoms with van der Waals surface area (Å²) in [5, 5.41) is 5.11. The Bertz CT molecular complexity index is 289. The summed E-state index contributed by atoms with van der Waals surface area (Å²) in [7, 11) is 0. The summed E-state index contributed by atoms with van der Waals surface area (Å²) in [6.45, 7) is 6.64. The molecule has 0 aromatic carbocycles. The van der Waals surface area contributed by atoms with Gasteiger partial charge in [0.25, 0.3) is 0 Å². The van der Waals surface area contributed by atoms with Gasteiger partial charge in [-0.1, -0.05) is 40.0 Å². The van der Waals surface area contributed by atoms with Crippen molar-refractivity contribution in [2.24, 2.45) is 11.0 Å². The number of hydrogen-bond donors (Lipinski definition) is 0. The molecule has 1 rings (SSSR count). The molecule has 1 aliphatic rings. The van der Waals surface area contributed by atoms with E-state index in [2.05, 4.69) is 12.0 Å². The Morgan fingerprint density at radius 1 is 1.21 bits per heavy atom. The van der Waals surface area contributed by atoms with Crippen LogP contribution in [-0.2, 0) is 0 Å². The Kier molecular flexibility index (Phi) is 5.94. The molecule has 0 aromatic heterocycles. The second-order valence-corrected chi connectivity index (χ2v) is 5.46. The predicted octanol–water partition coefficient (Wildman–Crippen LogP) is 3.67. The van der Waals surface area contributed by atoms with E-state index in [0.717, 1.165) is 25.7 Å². The minimum atomic E-state index is -4.27. The van der Waals surface area contributed by atoms with E-state index in [1.165, 1.54) is 16.2 Å². The van der Waals surface area contributed by atoms with Gasteiger partial charge in [0.15, 0.2) is 0 Å². The zero-order valence-corrected chi connectivity index (χ0v) is 12.0. The smallest absolute Gasteiger partial charge is 0.332 e. The van der Waals surface area contributed by atoms with Gasteiger partial charge in [-0.15, -0.1) is 0 Å². The number of nitrogens with zero attached hydrogens (tertiary/aromatic N) is 3. The van der Waals surface area contributed by atoms with E-state index in [-0.39, 0.29) is 5.92 Å². The van der Waals surface area contributed by atoms with Crippen LogP contribution in [0.1, 0.15) is 46.5 Å². The quantitative estimate of drug-likeness (QED) is 0.662. The van der Waals surface area contributed by atoms with E-state index < -0.39 is 12.3 Å². The molecule has 19 heavy (non-hydrogen) atoms. The number of rotatable bonds is 7. The molecule has 0 aliphatic carbocycles. The summed E-state index contributed by atoms with van der Waals surface area (Å²) in [5.41, 5.74) is 0. The SMILES string of the molecule is CCCCCCN1N=CN(CC(C)C)C1C(F)(F)F. The maximum atomic E-state index is 13.1. The molecule has 0 saturated heterocycles. The molecule has 1 aliphatic heterocycles. The van der Waals surface area contributed by atoms with Crippen molar-refractivity contribution < 1.29 is 13.2 Å². The van der Waals surface area contributed by atoms with Gasteiger partial charge < -0.3 is 4.90 Å². The molecule has 1 atom stereocenters. The van der Waals surface area contributed by atoms with Crippen molar-refractivity contribution in [3.8, 4) is 0 Å². The van der Waals surface area contributed by atoms with Crippen molar-refractivity contribution in [1.29, 1.82) is 0 Å². The van der Waals surface area contributed by atoms with E-state index in [0.29, 0.717) is 13.1 Å². The lowest BCUT2D eigenvalue weighted by Crippen LogP contribution is -2.51. The molecule has 6 heteroatoms. The highest BCUT2D eigenvalue weighted by atomic mass is 19.4. The van der Waals surface area contributed by atoms with Crippen LogP contribution < -0.4 is 0 Å². The van der Waals surface area contributed by atoms with Gasteiger partial charge in [0, 0.05) is 13.1 Å². The standard InChI is InChI=1S/C13H24F3N3/c1-4-5-6-7-8-19-12(13(14,15)16)18(10-17-19)9-11(2)3/h10-12H,4-9H2,1-3H3. The molecule has 0 amide bonds. The first-order valence-corrected chi connectivity index (χ1v) is 6.99. The molecular formula is C13H24F3N3. The predicted molar refractivity (Wildman–Crippen MR) is 70.7 cm³/mol. The van der Waals surface area contributed by atoms with Crippen molar-refractivity contribution in [2.75, 3.05) is 13.1 Å². The van der Waals surface area contributed by atoms with Crippen LogP contribution in [0.4, 0.5) is 13.2 Å². The molecule has 1 heterocycles. The van der Waals surface area contributed by atoms with E-state index >= 15 is 0 Å². The van der Waals surface area contributed by atoms with Crippen LogP contribution in [0.15, 0.2) is 5.10 Å². The third-order valence-corrected chi connectivity index (χ3v) is 3.05. The maximum Gasteiger partial charge on any atom is 0.429 e. The van der Waals surface area contributed by atoms with Gasteiger partial charge in [-0.3, -0.25) is 5.01 Å². The number of hydrogen-bond acceptors (Lipinski definition) is 3. The fourth-order valence-corrected chi connectivity index (χ4v) is 2.24. The number of hydrazone groups is 1. The van der Waals surface area contributed by atoms with Gasteiger partial charge in [0.2, 0.25) is 6.17 Å². The van der Waals surface area contributed by atoms with E-state index in [1.807, 2.05) is 13.8 Å². The number of halogens is 3. The third kappa shape index (κ3) is 4.91. The minimum Gasteiger partial charge on any atom is -0.332 e. The molecular weight excluding hydrogens is 255 g/mol. The van der Waals surface area contributed by atoms with Gasteiger partial charge in [0.05, 0.1) is 0 Å². The average Bonchev–Trinajstić information content (AvgIpc) is 2.66. The summed E-state index contributed by atoms with van der Waals surface area (Å²) in [6, 6.07) is 0.